The van der Waals surface area contributed by atoms with Gasteiger partial charge in [0.2, 0.25) is 0 Å². The van der Waals surface area contributed by atoms with Crippen molar-refractivity contribution in [2.45, 2.75) is 27.7 Å². The highest BCUT2D eigenvalue weighted by molar-refractivity contribution is 6.48. The van der Waals surface area contributed by atoms with E-state index in [2.05, 4.69) is 29.1 Å². The SMILES string of the molecule is CCN(CCOC)c1ccc(N=C2C(C)=Nn3c2nc(-c2ccccc2Cl)c(C)c3=O)c(C)c1. The Labute approximate surface area is 204 Å². The third kappa shape index (κ3) is 4.41. The molecule has 0 radical (unpaired) electrons. The second-order valence-electron chi connectivity index (χ2n) is 8.19. The summed E-state index contributed by atoms with van der Waals surface area (Å²) in [6.07, 6.45) is 0. The molecule has 0 saturated carbocycles. The molecule has 8 heteroatoms. The van der Waals surface area contributed by atoms with Crippen LogP contribution in [-0.2, 0) is 4.74 Å². The number of halogens is 1. The summed E-state index contributed by atoms with van der Waals surface area (Å²) in [5, 5.41) is 4.98. The Hall–Kier alpha value is -3.29. The van der Waals surface area contributed by atoms with Gasteiger partial charge in [-0.2, -0.15) is 9.78 Å². The van der Waals surface area contributed by atoms with E-state index in [-0.39, 0.29) is 5.56 Å². The minimum absolute atomic E-state index is 0.228. The fourth-order valence-corrected chi connectivity index (χ4v) is 4.22. The highest BCUT2D eigenvalue weighted by atomic mass is 35.5. The van der Waals surface area contributed by atoms with Crippen LogP contribution in [0.4, 0.5) is 11.4 Å². The molecule has 4 rings (SSSR count). The Bertz CT molecular complexity index is 1360. The molecular formula is C26H28ClN5O2. The van der Waals surface area contributed by atoms with Gasteiger partial charge in [0, 0.05) is 42.0 Å². The molecule has 176 valence electrons. The first-order valence-corrected chi connectivity index (χ1v) is 11.6. The van der Waals surface area contributed by atoms with Crippen LogP contribution in [0.5, 0.6) is 0 Å². The summed E-state index contributed by atoms with van der Waals surface area (Å²) >= 11 is 6.41. The fourth-order valence-electron chi connectivity index (χ4n) is 4.00. The monoisotopic (exact) mass is 477 g/mol. The number of aliphatic imine (C=N–C) groups is 1. The lowest BCUT2D eigenvalue weighted by Gasteiger charge is -2.23. The molecule has 0 spiro atoms. The van der Waals surface area contributed by atoms with Gasteiger partial charge in [0.05, 0.1) is 23.7 Å². The number of hydrogen-bond donors (Lipinski definition) is 0. The number of aromatic nitrogens is 2. The van der Waals surface area contributed by atoms with Gasteiger partial charge in [-0.25, -0.2) is 9.98 Å². The van der Waals surface area contributed by atoms with Crippen LogP contribution in [0.15, 0.2) is 57.4 Å². The molecule has 3 aromatic rings. The number of anilines is 1. The molecule has 0 bridgehead atoms. The van der Waals surface area contributed by atoms with Crippen LogP contribution >= 0.6 is 11.6 Å². The summed E-state index contributed by atoms with van der Waals surface area (Å²) in [4.78, 5) is 25.1. The van der Waals surface area contributed by atoms with Crippen LogP contribution < -0.4 is 10.5 Å². The van der Waals surface area contributed by atoms with Crippen molar-refractivity contribution in [3.8, 4) is 11.3 Å². The Morgan fingerprint density at radius 1 is 1.15 bits per heavy atom. The molecule has 1 aliphatic rings. The molecule has 0 saturated heterocycles. The van der Waals surface area contributed by atoms with Gasteiger partial charge in [0.15, 0.2) is 5.82 Å². The summed E-state index contributed by atoms with van der Waals surface area (Å²) in [5.74, 6) is 0.418. The highest BCUT2D eigenvalue weighted by Crippen LogP contribution is 2.30. The molecule has 0 amide bonds. The van der Waals surface area contributed by atoms with E-state index in [4.69, 9.17) is 26.3 Å². The maximum Gasteiger partial charge on any atom is 0.278 e. The average Bonchev–Trinajstić information content (AvgIpc) is 3.14. The lowest BCUT2D eigenvalue weighted by molar-refractivity contribution is 0.205. The van der Waals surface area contributed by atoms with E-state index in [0.29, 0.717) is 45.7 Å². The molecule has 0 unspecified atom stereocenters. The van der Waals surface area contributed by atoms with Crippen LogP contribution in [0.2, 0.25) is 5.02 Å². The van der Waals surface area contributed by atoms with E-state index in [1.807, 2.05) is 38.1 Å². The zero-order valence-electron chi connectivity index (χ0n) is 20.1. The first kappa shape index (κ1) is 23.9. The summed E-state index contributed by atoms with van der Waals surface area (Å²) in [5.41, 5.74) is 5.67. The lowest BCUT2D eigenvalue weighted by Crippen LogP contribution is -2.26. The van der Waals surface area contributed by atoms with E-state index in [1.54, 1.807) is 20.1 Å². The third-order valence-corrected chi connectivity index (χ3v) is 6.27. The maximum absolute atomic E-state index is 13.1. The standard InChI is InChI=1S/C26H28ClN5O2/c1-6-31(13-14-34-5)19-11-12-22(16(2)15-19)28-24-18(4)30-32-25(24)29-23(17(3)26(32)33)20-9-7-8-10-21(20)27/h7-12,15H,6,13-14H2,1-5H3. The quantitative estimate of drug-likeness (QED) is 0.479. The van der Waals surface area contributed by atoms with E-state index < -0.39 is 0 Å². The number of methoxy groups -OCH3 is 1. The second-order valence-corrected chi connectivity index (χ2v) is 8.60. The Kier molecular flexibility index (Phi) is 6.95. The molecule has 0 aliphatic carbocycles. The van der Waals surface area contributed by atoms with Crippen LogP contribution in [0, 0.1) is 13.8 Å². The van der Waals surface area contributed by atoms with Crippen molar-refractivity contribution in [3.63, 3.8) is 0 Å². The average molecular weight is 478 g/mol. The predicted octanol–water partition coefficient (Wildman–Crippen LogP) is 5.01. The minimum Gasteiger partial charge on any atom is -0.383 e. The van der Waals surface area contributed by atoms with Crippen molar-refractivity contribution in [3.05, 3.63) is 74.8 Å². The first-order valence-electron chi connectivity index (χ1n) is 11.2. The zero-order valence-corrected chi connectivity index (χ0v) is 20.8. The molecule has 1 aliphatic heterocycles. The van der Waals surface area contributed by atoms with Gasteiger partial charge in [0.1, 0.15) is 5.71 Å². The molecule has 34 heavy (non-hydrogen) atoms. The van der Waals surface area contributed by atoms with Crippen molar-refractivity contribution in [2.75, 3.05) is 31.7 Å². The van der Waals surface area contributed by atoms with E-state index in [0.717, 1.165) is 30.0 Å². The van der Waals surface area contributed by atoms with Gasteiger partial charge >= 0.3 is 0 Å². The summed E-state index contributed by atoms with van der Waals surface area (Å²) in [6, 6.07) is 13.5. The van der Waals surface area contributed by atoms with Gasteiger partial charge in [-0.3, -0.25) is 4.79 Å². The number of fused-ring (bicyclic) bond motifs is 1. The second kappa shape index (κ2) is 9.91. The molecule has 7 nitrogen and oxygen atoms in total. The molecule has 1 aromatic heterocycles. The topological polar surface area (TPSA) is 72.1 Å². The van der Waals surface area contributed by atoms with Gasteiger partial charge in [-0.1, -0.05) is 29.8 Å². The molecular weight excluding hydrogens is 450 g/mol. The van der Waals surface area contributed by atoms with E-state index in [9.17, 15) is 4.79 Å². The molecule has 0 N–H and O–H groups in total. The summed E-state index contributed by atoms with van der Waals surface area (Å²) in [6.45, 7) is 10.1. The highest BCUT2D eigenvalue weighted by Gasteiger charge is 2.26. The van der Waals surface area contributed by atoms with Crippen LogP contribution in [-0.4, -0.2) is 47.9 Å². The number of rotatable bonds is 7. The molecule has 2 aromatic carbocycles. The number of aryl methyl sites for hydroxylation is 1. The van der Waals surface area contributed by atoms with Gasteiger partial charge in [0.25, 0.3) is 5.56 Å². The lowest BCUT2D eigenvalue weighted by atomic mass is 10.1. The molecule has 0 fully saturated rings. The van der Waals surface area contributed by atoms with Gasteiger partial charge in [-0.05, 0) is 57.5 Å². The summed E-state index contributed by atoms with van der Waals surface area (Å²) < 4.78 is 6.56. The molecule has 2 heterocycles. The Morgan fingerprint density at radius 2 is 1.91 bits per heavy atom. The number of benzene rings is 2. The number of hydrogen-bond acceptors (Lipinski definition) is 6. The van der Waals surface area contributed by atoms with Crippen LogP contribution in [0.1, 0.15) is 30.8 Å². The fraction of sp³-hybridized carbons (Fsp3) is 0.308. The zero-order chi connectivity index (χ0) is 24.4. The smallest absolute Gasteiger partial charge is 0.278 e. The first-order chi connectivity index (χ1) is 16.3. The van der Waals surface area contributed by atoms with Crippen LogP contribution in [0.25, 0.3) is 11.3 Å². The maximum atomic E-state index is 13.1. The predicted molar refractivity (Wildman–Crippen MR) is 139 cm³/mol. The third-order valence-electron chi connectivity index (χ3n) is 5.95. The van der Waals surface area contributed by atoms with Gasteiger partial charge < -0.3 is 9.64 Å². The minimum atomic E-state index is -0.228. The largest absolute Gasteiger partial charge is 0.383 e. The van der Waals surface area contributed by atoms with Crippen molar-refractivity contribution in [1.29, 1.82) is 0 Å². The number of nitrogens with zero attached hydrogens (tertiary/aromatic N) is 5. The normalized spacial score (nSPS) is 13.8. The number of ether oxygens (including phenoxy) is 1. The summed E-state index contributed by atoms with van der Waals surface area (Å²) in [7, 11) is 1.71. The van der Waals surface area contributed by atoms with Crippen LogP contribution in [0.3, 0.4) is 0 Å². The van der Waals surface area contributed by atoms with Crippen molar-refractivity contribution >= 4 is 34.4 Å². The van der Waals surface area contributed by atoms with E-state index in [1.165, 1.54) is 4.68 Å². The molecule has 0 atom stereocenters. The Morgan fingerprint density at radius 3 is 2.59 bits per heavy atom. The van der Waals surface area contributed by atoms with Crippen molar-refractivity contribution in [1.82, 2.24) is 9.66 Å². The number of likely N-dealkylation sites (N-methyl/N-ethyl adjacent to an activating group) is 1. The van der Waals surface area contributed by atoms with E-state index >= 15 is 0 Å². The van der Waals surface area contributed by atoms with Crippen molar-refractivity contribution in [2.24, 2.45) is 10.1 Å². The van der Waals surface area contributed by atoms with Gasteiger partial charge in [-0.15, -0.1) is 0 Å². The Balaban J connectivity index is 1.78. The van der Waals surface area contributed by atoms with Crippen molar-refractivity contribution < 1.29 is 4.74 Å².